The van der Waals surface area contributed by atoms with Gasteiger partial charge in [-0.05, 0) is 24.3 Å². The molecular formula is C34H28F18N12O4. The number of nitrogens with zero attached hydrogens (tertiary/aromatic N) is 8. The van der Waals surface area contributed by atoms with E-state index in [-0.39, 0.29) is 60.6 Å². The number of aromatic nitrogens is 6. The van der Waals surface area contributed by atoms with Crippen molar-refractivity contribution in [3.8, 4) is 0 Å². The number of alkyl halides is 18. The van der Waals surface area contributed by atoms with E-state index < -0.39 is 108 Å². The number of anilines is 8. The zero-order valence-electron chi connectivity index (χ0n) is 33.5. The van der Waals surface area contributed by atoms with Crippen LogP contribution in [0.25, 0.3) is 0 Å². The molecule has 2 aromatic carbocycles. The van der Waals surface area contributed by atoms with Crippen molar-refractivity contribution in [2.45, 2.75) is 47.9 Å². The van der Waals surface area contributed by atoms with Crippen LogP contribution in [0.5, 0.6) is 0 Å². The molecule has 2 aromatic heterocycles. The average Bonchev–Trinajstić information content (AvgIpc) is 3.23. The van der Waals surface area contributed by atoms with Crippen molar-refractivity contribution in [3.05, 3.63) is 59.7 Å². The molecule has 0 saturated carbocycles. The summed E-state index contributed by atoms with van der Waals surface area (Å²) in [6.07, 6.45) is -14.1. The molecule has 4 rings (SSSR count). The smallest absolute Gasteiger partial charge is 0.460 e. The van der Waals surface area contributed by atoms with E-state index in [0.29, 0.717) is 24.3 Å². The first-order valence-electron chi connectivity index (χ1n) is 18.0. The molecule has 0 fully saturated rings. The van der Waals surface area contributed by atoms with Gasteiger partial charge in [0.1, 0.15) is 13.1 Å². The van der Waals surface area contributed by atoms with Crippen molar-refractivity contribution in [1.29, 1.82) is 0 Å². The minimum atomic E-state index is -7.16. The molecule has 0 aliphatic heterocycles. The lowest BCUT2D eigenvalue weighted by atomic mass is 9.96. The van der Waals surface area contributed by atoms with Crippen LogP contribution in [0, 0.1) is 0 Å². The summed E-state index contributed by atoms with van der Waals surface area (Å²) in [5.74, 6) is -45.8. The molecule has 0 aliphatic rings. The number of aliphatic carboxylic acids is 2. The lowest BCUT2D eigenvalue weighted by molar-refractivity contribution is -0.399. The van der Waals surface area contributed by atoms with Gasteiger partial charge in [0.25, 0.3) is 0 Å². The molecule has 6 N–H and O–H groups in total. The van der Waals surface area contributed by atoms with Gasteiger partial charge < -0.3 is 41.3 Å². The second-order valence-electron chi connectivity index (χ2n) is 13.7. The standard InChI is InChI=1S/C34H28F18N12O4/c1-63(25-59-21(53-13-19(65)66)57-23(61-25)55-17-7-3-15(4-8-17)27(35,36)29(39,40)31(43,44)33(47,48)49)11-12-64(2)26-60-22(54-14-20(67)68)58-24(62-26)56-18-9-5-16(6-10-18)28(37,38)30(41,42)32(45,46)34(50,51)52/h3-10H,11-14H2,1-2H3,(H,65,66)(H,67,68)(H2,53,55,57,59,61)(H2,54,56,58,60,62). The maximum Gasteiger partial charge on any atom is 0.460 e. The predicted octanol–water partition coefficient (Wildman–Crippen LogP) is 7.96. The summed E-state index contributed by atoms with van der Waals surface area (Å²) in [4.78, 5) is 48.8. The van der Waals surface area contributed by atoms with Gasteiger partial charge in [0.2, 0.25) is 35.7 Å². The van der Waals surface area contributed by atoms with Crippen LogP contribution in [0.2, 0.25) is 0 Å². The molecule has 0 unspecified atom stereocenters. The van der Waals surface area contributed by atoms with Gasteiger partial charge in [-0.2, -0.15) is 109 Å². The Kier molecular flexibility index (Phi) is 14.9. The zero-order valence-corrected chi connectivity index (χ0v) is 33.5. The monoisotopic (exact) mass is 1010 g/mol. The highest BCUT2D eigenvalue weighted by atomic mass is 19.4. The lowest BCUT2D eigenvalue weighted by Crippen LogP contribution is -2.59. The minimum absolute atomic E-state index is 0.0969. The van der Waals surface area contributed by atoms with Crippen molar-refractivity contribution < 1.29 is 98.8 Å². The summed E-state index contributed by atoms with van der Waals surface area (Å²) < 4.78 is 243. The summed E-state index contributed by atoms with van der Waals surface area (Å²) in [6, 6.07) is 2.59. The fourth-order valence-electron chi connectivity index (χ4n) is 5.05. The topological polar surface area (TPSA) is 207 Å². The summed E-state index contributed by atoms with van der Waals surface area (Å²) >= 11 is 0. The van der Waals surface area contributed by atoms with Gasteiger partial charge >= 0.3 is 59.8 Å². The Morgan fingerprint density at radius 1 is 0.456 bits per heavy atom. The molecule has 0 atom stereocenters. The van der Waals surface area contributed by atoms with Gasteiger partial charge in [-0.15, -0.1) is 0 Å². The first kappa shape index (κ1) is 53.6. The van der Waals surface area contributed by atoms with E-state index in [9.17, 15) is 88.6 Å². The zero-order chi connectivity index (χ0) is 51.6. The van der Waals surface area contributed by atoms with Crippen LogP contribution in [0.3, 0.4) is 0 Å². The summed E-state index contributed by atoms with van der Waals surface area (Å²) in [5, 5.41) is 27.6. The molecule has 0 radical (unpaired) electrons. The molecule has 374 valence electrons. The summed E-state index contributed by atoms with van der Waals surface area (Å²) in [7, 11) is 2.66. The van der Waals surface area contributed by atoms with Crippen molar-refractivity contribution in [3.63, 3.8) is 0 Å². The lowest BCUT2D eigenvalue weighted by Gasteiger charge is -2.33. The number of hydrogen-bond acceptors (Lipinski definition) is 14. The molecule has 4 aromatic rings. The largest absolute Gasteiger partial charge is 0.480 e. The molecule has 0 amide bonds. The number of nitrogens with one attached hydrogen (secondary N) is 4. The van der Waals surface area contributed by atoms with Crippen molar-refractivity contribution in [1.82, 2.24) is 29.9 Å². The molecule has 34 heteroatoms. The fourth-order valence-corrected chi connectivity index (χ4v) is 5.05. The van der Waals surface area contributed by atoms with Crippen LogP contribution in [-0.2, 0) is 21.4 Å². The Labute approximate surface area is 366 Å². The number of carboxylic acid groups (broad SMARTS) is 2. The van der Waals surface area contributed by atoms with Crippen LogP contribution in [-0.4, -0.2) is 128 Å². The number of likely N-dealkylation sites (N-methyl/N-ethyl adjacent to an activating group) is 2. The van der Waals surface area contributed by atoms with Crippen LogP contribution < -0.4 is 31.1 Å². The summed E-state index contributed by atoms with van der Waals surface area (Å²) in [5.41, 5.74) is -4.63. The van der Waals surface area contributed by atoms with Gasteiger partial charge in [0.15, 0.2) is 0 Å². The second-order valence-corrected chi connectivity index (χ2v) is 13.7. The number of carbonyl (C=O) groups is 2. The Balaban J connectivity index is 1.57. The van der Waals surface area contributed by atoms with E-state index >= 15 is 0 Å². The number of hydrogen-bond donors (Lipinski definition) is 6. The highest BCUT2D eigenvalue weighted by molar-refractivity contribution is 5.72. The molecule has 0 saturated heterocycles. The quantitative estimate of drug-likeness (QED) is 0.0438. The third kappa shape index (κ3) is 11.0. The Morgan fingerprint density at radius 3 is 1.00 bits per heavy atom. The van der Waals surface area contributed by atoms with Crippen LogP contribution >= 0.6 is 0 Å². The highest BCUT2D eigenvalue weighted by Gasteiger charge is 2.83. The second kappa shape index (κ2) is 18.9. The first-order chi connectivity index (χ1) is 31.0. The van der Waals surface area contributed by atoms with Gasteiger partial charge in [0, 0.05) is 49.7 Å². The Morgan fingerprint density at radius 2 is 0.735 bits per heavy atom. The average molecular weight is 1010 g/mol. The van der Waals surface area contributed by atoms with Gasteiger partial charge in [0.05, 0.1) is 0 Å². The normalized spacial score (nSPS) is 13.2. The van der Waals surface area contributed by atoms with E-state index in [1.165, 1.54) is 23.9 Å². The number of carboxylic acids is 2. The third-order valence-corrected chi connectivity index (χ3v) is 8.79. The molecule has 68 heavy (non-hydrogen) atoms. The van der Waals surface area contributed by atoms with Gasteiger partial charge in [-0.1, -0.05) is 24.3 Å². The number of halogens is 18. The minimum Gasteiger partial charge on any atom is -0.480 e. The number of rotatable bonds is 21. The van der Waals surface area contributed by atoms with Crippen molar-refractivity contribution in [2.24, 2.45) is 0 Å². The molecule has 0 bridgehead atoms. The highest BCUT2D eigenvalue weighted by Crippen LogP contribution is 2.58. The Hall–Kier alpha value is -7.06. The van der Waals surface area contributed by atoms with Crippen LogP contribution in [0.4, 0.5) is 126 Å². The molecular weight excluding hydrogens is 982 g/mol. The van der Waals surface area contributed by atoms with Crippen LogP contribution in [0.15, 0.2) is 48.5 Å². The van der Waals surface area contributed by atoms with E-state index in [1.807, 2.05) is 0 Å². The van der Waals surface area contributed by atoms with Gasteiger partial charge in [-0.25, -0.2) is 0 Å². The van der Waals surface area contributed by atoms with E-state index in [2.05, 4.69) is 51.2 Å². The molecule has 0 spiro atoms. The predicted molar refractivity (Wildman–Crippen MR) is 198 cm³/mol. The van der Waals surface area contributed by atoms with Crippen molar-refractivity contribution in [2.75, 3.05) is 71.3 Å². The maximum absolute atomic E-state index is 14.5. The van der Waals surface area contributed by atoms with Gasteiger partial charge in [-0.3, -0.25) is 9.59 Å². The Bertz CT molecular complexity index is 2260. The maximum atomic E-state index is 14.5. The fraction of sp³-hybridized carbons (Fsp3) is 0.412. The molecule has 0 aliphatic carbocycles. The van der Waals surface area contributed by atoms with E-state index in [1.54, 1.807) is 0 Å². The first-order valence-corrected chi connectivity index (χ1v) is 18.0. The number of benzene rings is 2. The molecule has 2 heterocycles. The van der Waals surface area contributed by atoms with Crippen molar-refractivity contribution >= 4 is 59.0 Å². The van der Waals surface area contributed by atoms with E-state index in [4.69, 9.17) is 10.2 Å². The summed E-state index contributed by atoms with van der Waals surface area (Å²) in [6.45, 7) is -1.95. The van der Waals surface area contributed by atoms with E-state index in [0.717, 1.165) is 0 Å². The molecule has 16 nitrogen and oxygen atoms in total. The SMILES string of the molecule is CN(CCN(C)c1nc(NCC(=O)O)nc(Nc2ccc(C(F)(F)C(F)(F)C(F)(F)C(F)(F)F)cc2)n1)c1nc(NCC(=O)O)nc(Nc2ccc(C(F)(F)C(F)(F)C(F)(F)C(F)(F)F)cc2)n1. The van der Waals surface area contributed by atoms with Crippen LogP contribution in [0.1, 0.15) is 11.1 Å². The third-order valence-electron chi connectivity index (χ3n) is 8.79.